The highest BCUT2D eigenvalue weighted by molar-refractivity contribution is 5.23. The lowest BCUT2D eigenvalue weighted by atomic mass is 9.93. The molecule has 1 N–H and O–H groups in total. The summed E-state index contributed by atoms with van der Waals surface area (Å²) in [5.41, 5.74) is 0.254. The van der Waals surface area contributed by atoms with Crippen molar-refractivity contribution in [3.63, 3.8) is 0 Å². The van der Waals surface area contributed by atoms with Gasteiger partial charge in [-0.2, -0.15) is 0 Å². The van der Waals surface area contributed by atoms with Gasteiger partial charge in [0.05, 0.1) is 0 Å². The van der Waals surface area contributed by atoms with Crippen molar-refractivity contribution < 1.29 is 13.2 Å². The maximum atomic E-state index is 13.9. The van der Waals surface area contributed by atoms with E-state index in [4.69, 9.17) is 0 Å². The summed E-state index contributed by atoms with van der Waals surface area (Å²) in [5, 5.41) is 3.27. The van der Waals surface area contributed by atoms with E-state index >= 15 is 0 Å². The van der Waals surface area contributed by atoms with E-state index in [9.17, 15) is 13.2 Å². The molecule has 1 aromatic carbocycles. The van der Waals surface area contributed by atoms with E-state index in [2.05, 4.69) is 5.32 Å². The van der Waals surface area contributed by atoms with Gasteiger partial charge in [-0.3, -0.25) is 0 Å². The van der Waals surface area contributed by atoms with E-state index in [-0.39, 0.29) is 11.6 Å². The second kappa shape index (κ2) is 7.11. The van der Waals surface area contributed by atoms with Gasteiger partial charge in [0.15, 0.2) is 11.6 Å². The molecule has 0 aromatic heterocycles. The molecule has 1 unspecified atom stereocenters. The number of benzene rings is 1. The smallest absolute Gasteiger partial charge is 0.161 e. The van der Waals surface area contributed by atoms with Gasteiger partial charge in [-0.25, -0.2) is 13.2 Å². The Labute approximate surface area is 118 Å². The molecule has 0 bridgehead atoms. The van der Waals surface area contributed by atoms with Gasteiger partial charge < -0.3 is 5.32 Å². The standard InChI is InChI=1S/C16H22F3N/c1-2-7-20-16(8-11-5-3-4-6-11)12-9-14(18)15(19)10-13(12)17/h9-11,16,20H,2-8H2,1H3. The number of rotatable bonds is 6. The Balaban J connectivity index is 2.18. The summed E-state index contributed by atoms with van der Waals surface area (Å²) in [6.07, 6.45) is 6.44. The highest BCUT2D eigenvalue weighted by Gasteiger charge is 2.24. The molecular formula is C16H22F3N. The molecule has 1 fully saturated rings. The van der Waals surface area contributed by atoms with Crippen LogP contribution in [0.5, 0.6) is 0 Å². The predicted molar refractivity (Wildman–Crippen MR) is 73.9 cm³/mol. The third-order valence-corrected chi connectivity index (χ3v) is 4.10. The second-order valence-electron chi connectivity index (χ2n) is 5.68. The molecule has 1 nitrogen and oxygen atoms in total. The minimum Gasteiger partial charge on any atom is -0.310 e. The first-order chi connectivity index (χ1) is 9.61. The fourth-order valence-corrected chi connectivity index (χ4v) is 3.02. The van der Waals surface area contributed by atoms with Crippen LogP contribution in [0.3, 0.4) is 0 Å². The first kappa shape index (κ1) is 15.4. The Morgan fingerprint density at radius 1 is 1.10 bits per heavy atom. The fraction of sp³-hybridized carbons (Fsp3) is 0.625. The van der Waals surface area contributed by atoms with Crippen LogP contribution in [0.4, 0.5) is 13.2 Å². The quantitative estimate of drug-likeness (QED) is 0.745. The zero-order chi connectivity index (χ0) is 14.5. The first-order valence-electron chi connectivity index (χ1n) is 7.49. The Bertz CT molecular complexity index is 442. The maximum Gasteiger partial charge on any atom is 0.161 e. The van der Waals surface area contributed by atoms with Crippen molar-refractivity contribution in [1.82, 2.24) is 5.32 Å². The molecule has 4 heteroatoms. The van der Waals surface area contributed by atoms with Crippen molar-refractivity contribution in [2.45, 2.75) is 51.5 Å². The molecule has 1 aromatic rings. The Kier molecular flexibility index (Phi) is 5.46. The van der Waals surface area contributed by atoms with Crippen molar-refractivity contribution >= 4 is 0 Å². The van der Waals surface area contributed by atoms with Crippen LogP contribution in [0.25, 0.3) is 0 Å². The molecule has 1 aliphatic rings. The van der Waals surface area contributed by atoms with Gasteiger partial charge in [0.25, 0.3) is 0 Å². The van der Waals surface area contributed by atoms with E-state index in [0.717, 1.165) is 38.3 Å². The summed E-state index contributed by atoms with van der Waals surface area (Å²) in [6, 6.07) is 1.43. The number of hydrogen-bond donors (Lipinski definition) is 1. The normalized spacial score (nSPS) is 17.6. The van der Waals surface area contributed by atoms with Crippen LogP contribution in [-0.2, 0) is 0 Å². The zero-order valence-electron chi connectivity index (χ0n) is 11.9. The number of hydrogen-bond acceptors (Lipinski definition) is 1. The van der Waals surface area contributed by atoms with Crippen molar-refractivity contribution in [3.05, 3.63) is 35.1 Å². The lowest BCUT2D eigenvalue weighted by molar-refractivity contribution is 0.381. The summed E-state index contributed by atoms with van der Waals surface area (Å²) in [7, 11) is 0. The number of nitrogens with one attached hydrogen (secondary N) is 1. The van der Waals surface area contributed by atoms with E-state index in [1.165, 1.54) is 12.8 Å². The Hall–Kier alpha value is -1.03. The molecule has 112 valence electrons. The average molecular weight is 285 g/mol. The Morgan fingerprint density at radius 2 is 1.75 bits per heavy atom. The summed E-state index contributed by atoms with van der Waals surface area (Å²) < 4.78 is 40.4. The van der Waals surface area contributed by atoms with Gasteiger partial charge in [0, 0.05) is 17.7 Å². The lowest BCUT2D eigenvalue weighted by Gasteiger charge is -2.23. The van der Waals surface area contributed by atoms with E-state index in [1.807, 2.05) is 6.92 Å². The molecule has 0 amide bonds. The summed E-state index contributed by atoms with van der Waals surface area (Å²) >= 11 is 0. The van der Waals surface area contributed by atoms with Crippen molar-refractivity contribution in [1.29, 1.82) is 0 Å². The van der Waals surface area contributed by atoms with E-state index in [0.29, 0.717) is 12.0 Å². The molecule has 0 saturated heterocycles. The lowest BCUT2D eigenvalue weighted by Crippen LogP contribution is -2.25. The summed E-state index contributed by atoms with van der Waals surface area (Å²) in [5.74, 6) is -2.20. The van der Waals surface area contributed by atoms with Crippen LogP contribution >= 0.6 is 0 Å². The minimum absolute atomic E-state index is 0.229. The third kappa shape index (κ3) is 3.75. The first-order valence-corrected chi connectivity index (χ1v) is 7.49. The molecule has 0 spiro atoms. The Morgan fingerprint density at radius 3 is 2.40 bits per heavy atom. The van der Waals surface area contributed by atoms with Crippen LogP contribution in [0, 0.1) is 23.4 Å². The largest absolute Gasteiger partial charge is 0.310 e. The molecular weight excluding hydrogens is 263 g/mol. The highest BCUT2D eigenvalue weighted by Crippen LogP contribution is 2.34. The van der Waals surface area contributed by atoms with Gasteiger partial charge in [-0.15, -0.1) is 0 Å². The van der Waals surface area contributed by atoms with Crippen LogP contribution in [0.1, 0.15) is 57.1 Å². The van der Waals surface area contributed by atoms with Crippen LogP contribution in [-0.4, -0.2) is 6.54 Å². The van der Waals surface area contributed by atoms with Crippen LogP contribution in [0.2, 0.25) is 0 Å². The zero-order valence-corrected chi connectivity index (χ0v) is 11.9. The van der Waals surface area contributed by atoms with Gasteiger partial charge in [0.1, 0.15) is 5.82 Å². The van der Waals surface area contributed by atoms with Crippen molar-refractivity contribution in [3.8, 4) is 0 Å². The summed E-state index contributed by atoms with van der Waals surface area (Å²) in [6.45, 7) is 2.77. The predicted octanol–water partition coefficient (Wildman–Crippen LogP) is 4.72. The highest BCUT2D eigenvalue weighted by atomic mass is 19.2. The van der Waals surface area contributed by atoms with Gasteiger partial charge in [0.2, 0.25) is 0 Å². The molecule has 0 aliphatic heterocycles. The molecule has 0 radical (unpaired) electrons. The fourth-order valence-electron chi connectivity index (χ4n) is 3.02. The molecule has 0 heterocycles. The minimum atomic E-state index is -1.12. The summed E-state index contributed by atoms with van der Waals surface area (Å²) in [4.78, 5) is 0. The van der Waals surface area contributed by atoms with Crippen LogP contribution in [0.15, 0.2) is 12.1 Å². The van der Waals surface area contributed by atoms with E-state index in [1.54, 1.807) is 0 Å². The van der Waals surface area contributed by atoms with Gasteiger partial charge in [-0.1, -0.05) is 32.6 Å². The molecule has 1 saturated carbocycles. The van der Waals surface area contributed by atoms with Gasteiger partial charge in [-0.05, 0) is 31.4 Å². The topological polar surface area (TPSA) is 12.0 Å². The average Bonchev–Trinajstić information content (AvgIpc) is 2.92. The van der Waals surface area contributed by atoms with Gasteiger partial charge >= 0.3 is 0 Å². The SMILES string of the molecule is CCCNC(CC1CCCC1)c1cc(F)c(F)cc1F. The molecule has 20 heavy (non-hydrogen) atoms. The maximum absolute atomic E-state index is 13.9. The van der Waals surface area contributed by atoms with E-state index < -0.39 is 17.5 Å². The third-order valence-electron chi connectivity index (χ3n) is 4.10. The van der Waals surface area contributed by atoms with Crippen molar-refractivity contribution in [2.75, 3.05) is 6.54 Å². The van der Waals surface area contributed by atoms with Crippen molar-refractivity contribution in [2.24, 2.45) is 5.92 Å². The monoisotopic (exact) mass is 285 g/mol. The van der Waals surface area contributed by atoms with Crippen LogP contribution < -0.4 is 5.32 Å². The second-order valence-corrected chi connectivity index (χ2v) is 5.68. The molecule has 1 atom stereocenters. The molecule has 2 rings (SSSR count). The number of halogens is 3. The molecule has 1 aliphatic carbocycles.